The van der Waals surface area contributed by atoms with Gasteiger partial charge < -0.3 is 0 Å². The van der Waals surface area contributed by atoms with Gasteiger partial charge in [0.25, 0.3) is 0 Å². The number of hydrogen-bond acceptors (Lipinski definition) is 1. The fourth-order valence-corrected chi connectivity index (χ4v) is 3.69. The van der Waals surface area contributed by atoms with Gasteiger partial charge in [0.15, 0.2) is 0 Å². The summed E-state index contributed by atoms with van der Waals surface area (Å²) in [6.07, 6.45) is 13.6. The minimum Gasteiger partial charge on any atom is -0.298 e. The van der Waals surface area contributed by atoms with Gasteiger partial charge in [0.1, 0.15) is 5.78 Å². The number of ketones is 1. The van der Waals surface area contributed by atoms with Gasteiger partial charge in [0.2, 0.25) is 0 Å². The predicted molar refractivity (Wildman–Crippen MR) is 76.1 cm³/mol. The summed E-state index contributed by atoms with van der Waals surface area (Å²) in [7, 11) is 0. The maximum absolute atomic E-state index is 12.9. The molecule has 0 spiro atoms. The molecule has 1 fully saturated rings. The standard InChI is InChI=1S/C17H22O/c1-4-7-14(6-3)16(18)17(10-5-2)12-13-8-9-15(17)11-13/h4-6,8-9,13-15H,1-3,7,10-12H2/t13-,14-,15+,17-/m0/s1. The minimum absolute atomic E-state index is 0.0878. The number of carbonyl (C=O) groups is 1. The fraction of sp³-hybridized carbons (Fsp3) is 0.471. The summed E-state index contributed by atoms with van der Waals surface area (Å²) in [5.74, 6) is 1.25. The second-order valence-electron chi connectivity index (χ2n) is 5.57. The maximum atomic E-state index is 12.9. The topological polar surface area (TPSA) is 17.1 Å². The minimum atomic E-state index is -0.219. The fourth-order valence-electron chi connectivity index (χ4n) is 3.69. The monoisotopic (exact) mass is 242 g/mol. The van der Waals surface area contributed by atoms with Crippen molar-refractivity contribution in [2.75, 3.05) is 0 Å². The highest BCUT2D eigenvalue weighted by Gasteiger charge is 2.52. The van der Waals surface area contributed by atoms with Gasteiger partial charge in [0, 0.05) is 11.3 Å². The highest BCUT2D eigenvalue weighted by atomic mass is 16.1. The van der Waals surface area contributed by atoms with Crippen molar-refractivity contribution in [3.63, 3.8) is 0 Å². The molecule has 96 valence electrons. The zero-order valence-corrected chi connectivity index (χ0v) is 11.0. The third kappa shape index (κ3) is 1.92. The van der Waals surface area contributed by atoms with Gasteiger partial charge in [-0.1, -0.05) is 30.4 Å². The number of rotatable bonds is 7. The first-order valence-corrected chi connectivity index (χ1v) is 6.75. The molecule has 0 aromatic carbocycles. The lowest BCUT2D eigenvalue weighted by molar-refractivity contribution is -0.132. The molecule has 2 rings (SSSR count). The Morgan fingerprint density at radius 2 is 2.11 bits per heavy atom. The molecule has 0 N–H and O–H groups in total. The Bertz CT molecular complexity index is 404. The first-order valence-electron chi connectivity index (χ1n) is 6.75. The van der Waals surface area contributed by atoms with Gasteiger partial charge in [-0.05, 0) is 37.5 Å². The van der Waals surface area contributed by atoms with Crippen molar-refractivity contribution in [3.05, 3.63) is 50.1 Å². The van der Waals surface area contributed by atoms with Crippen LogP contribution in [-0.4, -0.2) is 5.78 Å². The Hall–Kier alpha value is -1.37. The number of hydrogen-bond donors (Lipinski definition) is 0. The molecule has 1 nitrogen and oxygen atoms in total. The largest absolute Gasteiger partial charge is 0.298 e. The normalized spacial score (nSPS) is 34.2. The molecule has 0 amide bonds. The van der Waals surface area contributed by atoms with Crippen LogP contribution in [0.25, 0.3) is 0 Å². The molecule has 0 aromatic heterocycles. The summed E-state index contributed by atoms with van der Waals surface area (Å²) < 4.78 is 0. The molecular formula is C17H22O. The van der Waals surface area contributed by atoms with Crippen LogP contribution in [0.2, 0.25) is 0 Å². The van der Waals surface area contributed by atoms with E-state index in [1.54, 1.807) is 6.08 Å². The Morgan fingerprint density at radius 1 is 1.33 bits per heavy atom. The Morgan fingerprint density at radius 3 is 2.56 bits per heavy atom. The number of fused-ring (bicyclic) bond motifs is 2. The van der Waals surface area contributed by atoms with Gasteiger partial charge in [-0.3, -0.25) is 4.79 Å². The van der Waals surface area contributed by atoms with Crippen LogP contribution in [0.3, 0.4) is 0 Å². The maximum Gasteiger partial charge on any atom is 0.147 e. The third-order valence-corrected chi connectivity index (χ3v) is 4.55. The van der Waals surface area contributed by atoms with Crippen molar-refractivity contribution in [3.8, 4) is 0 Å². The van der Waals surface area contributed by atoms with Crippen LogP contribution in [0.5, 0.6) is 0 Å². The van der Waals surface area contributed by atoms with Crippen LogP contribution in [0.15, 0.2) is 50.1 Å². The lowest BCUT2D eigenvalue weighted by Crippen LogP contribution is -2.38. The number of allylic oxidation sites excluding steroid dienone is 5. The highest BCUT2D eigenvalue weighted by Crippen LogP contribution is 2.55. The molecule has 0 unspecified atom stereocenters. The SMILES string of the molecule is C=CC[C@H](C=C)C(=O)[C@@]1(CC=C)C[C@H]2C=C[C@@H]1C2. The summed E-state index contributed by atoms with van der Waals surface area (Å²) in [4.78, 5) is 12.9. The molecule has 18 heavy (non-hydrogen) atoms. The smallest absolute Gasteiger partial charge is 0.147 e. The Kier molecular flexibility index (Phi) is 3.70. The number of carbonyl (C=O) groups excluding carboxylic acids is 1. The van der Waals surface area contributed by atoms with Crippen LogP contribution >= 0.6 is 0 Å². The second-order valence-corrected chi connectivity index (χ2v) is 5.57. The zero-order valence-electron chi connectivity index (χ0n) is 11.0. The van der Waals surface area contributed by atoms with Gasteiger partial charge in [-0.25, -0.2) is 0 Å². The van der Waals surface area contributed by atoms with Crippen LogP contribution in [0, 0.1) is 23.2 Å². The molecule has 0 saturated heterocycles. The zero-order chi connectivity index (χ0) is 13.2. The van der Waals surface area contributed by atoms with Crippen LogP contribution in [-0.2, 0) is 4.79 Å². The van der Waals surface area contributed by atoms with Gasteiger partial charge in [0.05, 0.1) is 0 Å². The first kappa shape index (κ1) is 13.1. The van der Waals surface area contributed by atoms with E-state index < -0.39 is 0 Å². The summed E-state index contributed by atoms with van der Waals surface area (Å²) in [5.41, 5.74) is -0.219. The lowest BCUT2D eigenvalue weighted by Gasteiger charge is -2.35. The average molecular weight is 242 g/mol. The van der Waals surface area contributed by atoms with Crippen LogP contribution < -0.4 is 0 Å². The Labute approximate surface area is 110 Å². The van der Waals surface area contributed by atoms with E-state index in [0.29, 0.717) is 24.0 Å². The summed E-state index contributed by atoms with van der Waals surface area (Å²) in [5, 5.41) is 0. The van der Waals surface area contributed by atoms with E-state index >= 15 is 0 Å². The van der Waals surface area contributed by atoms with Crippen molar-refractivity contribution in [1.29, 1.82) is 0 Å². The summed E-state index contributed by atoms with van der Waals surface area (Å²) in [6, 6.07) is 0. The molecule has 2 bridgehead atoms. The molecule has 2 aliphatic rings. The lowest BCUT2D eigenvalue weighted by atomic mass is 9.66. The summed E-state index contributed by atoms with van der Waals surface area (Å²) >= 11 is 0. The van der Waals surface area contributed by atoms with Gasteiger partial charge >= 0.3 is 0 Å². The van der Waals surface area contributed by atoms with Crippen LogP contribution in [0.1, 0.15) is 25.7 Å². The van der Waals surface area contributed by atoms with E-state index in [4.69, 9.17) is 0 Å². The van der Waals surface area contributed by atoms with Crippen molar-refractivity contribution in [2.24, 2.45) is 23.2 Å². The number of Topliss-reactive ketones (excluding diaryl/α,β-unsaturated/α-hetero) is 1. The van der Waals surface area contributed by atoms with E-state index in [0.717, 1.165) is 19.3 Å². The van der Waals surface area contributed by atoms with Crippen molar-refractivity contribution < 1.29 is 4.79 Å². The van der Waals surface area contributed by atoms with Crippen molar-refractivity contribution in [2.45, 2.75) is 25.7 Å². The third-order valence-electron chi connectivity index (χ3n) is 4.55. The predicted octanol–water partition coefficient (Wildman–Crippen LogP) is 4.09. The quantitative estimate of drug-likeness (QED) is 0.614. The van der Waals surface area contributed by atoms with E-state index in [9.17, 15) is 4.79 Å². The second kappa shape index (κ2) is 5.09. The van der Waals surface area contributed by atoms with Gasteiger partial charge in [-0.15, -0.1) is 19.7 Å². The van der Waals surface area contributed by atoms with Crippen LogP contribution in [0.4, 0.5) is 0 Å². The molecule has 4 atom stereocenters. The van der Waals surface area contributed by atoms with E-state index in [1.807, 2.05) is 12.2 Å². The average Bonchev–Trinajstić information content (AvgIpc) is 2.96. The molecule has 0 aromatic rings. The van der Waals surface area contributed by atoms with E-state index in [-0.39, 0.29) is 11.3 Å². The van der Waals surface area contributed by atoms with E-state index in [2.05, 4.69) is 31.9 Å². The van der Waals surface area contributed by atoms with Crippen molar-refractivity contribution >= 4 is 5.78 Å². The molecular weight excluding hydrogens is 220 g/mol. The highest BCUT2D eigenvalue weighted by molar-refractivity contribution is 5.90. The molecule has 0 radical (unpaired) electrons. The first-order chi connectivity index (χ1) is 8.67. The molecule has 1 saturated carbocycles. The molecule has 0 aliphatic heterocycles. The Balaban J connectivity index is 2.28. The summed E-state index contributed by atoms with van der Waals surface area (Å²) in [6.45, 7) is 11.4. The van der Waals surface area contributed by atoms with Crippen molar-refractivity contribution in [1.82, 2.24) is 0 Å². The molecule has 2 aliphatic carbocycles. The van der Waals surface area contributed by atoms with Gasteiger partial charge in [-0.2, -0.15) is 0 Å². The molecule has 1 heteroatoms. The van der Waals surface area contributed by atoms with E-state index in [1.165, 1.54) is 0 Å². The molecule has 0 heterocycles.